The Morgan fingerprint density at radius 1 is 1.26 bits per heavy atom. The number of ether oxygens (including phenoxy) is 1. The molecular formula is C17H22N4O2. The molecule has 6 nitrogen and oxygen atoms in total. The van der Waals surface area contributed by atoms with Gasteiger partial charge in [-0.3, -0.25) is 4.79 Å². The Kier molecular flexibility index (Phi) is 6.05. The molecule has 2 aromatic rings. The molecule has 0 saturated heterocycles. The molecule has 1 N–H and O–H groups in total. The molecule has 0 radical (unpaired) electrons. The molecule has 0 aliphatic heterocycles. The van der Waals surface area contributed by atoms with Crippen molar-refractivity contribution in [2.75, 3.05) is 37.5 Å². The molecule has 23 heavy (non-hydrogen) atoms. The second kappa shape index (κ2) is 8.24. The van der Waals surface area contributed by atoms with Crippen molar-refractivity contribution in [2.45, 2.75) is 13.3 Å². The second-order valence-corrected chi connectivity index (χ2v) is 5.16. The Labute approximate surface area is 136 Å². The summed E-state index contributed by atoms with van der Waals surface area (Å²) < 4.78 is 5.01. The van der Waals surface area contributed by atoms with Crippen molar-refractivity contribution in [1.29, 1.82) is 0 Å². The number of hydrogen-bond donors (Lipinski definition) is 1. The molecular weight excluding hydrogens is 292 g/mol. The zero-order valence-electron chi connectivity index (χ0n) is 13.7. The summed E-state index contributed by atoms with van der Waals surface area (Å²) in [6, 6.07) is 11.2. The number of nitrogens with one attached hydrogen (secondary N) is 1. The highest BCUT2D eigenvalue weighted by Gasteiger charge is 2.16. The van der Waals surface area contributed by atoms with Crippen LogP contribution in [0.4, 0.5) is 11.5 Å². The molecule has 0 unspecified atom stereocenters. The molecule has 2 rings (SSSR count). The van der Waals surface area contributed by atoms with Crippen LogP contribution in [0.15, 0.2) is 36.4 Å². The van der Waals surface area contributed by atoms with Gasteiger partial charge in [0, 0.05) is 39.1 Å². The van der Waals surface area contributed by atoms with Crippen LogP contribution in [0.1, 0.15) is 22.7 Å². The zero-order chi connectivity index (χ0) is 16.7. The topological polar surface area (TPSA) is 67.3 Å². The number of aryl methyl sites for hydroxylation is 1. The summed E-state index contributed by atoms with van der Waals surface area (Å²) in [4.78, 5) is 22.8. The van der Waals surface area contributed by atoms with Gasteiger partial charge in [-0.2, -0.15) is 0 Å². The minimum Gasteiger partial charge on any atom is -0.385 e. The van der Waals surface area contributed by atoms with Gasteiger partial charge in [0.1, 0.15) is 17.3 Å². The summed E-state index contributed by atoms with van der Waals surface area (Å²) in [6.07, 6.45) is 0.868. The summed E-state index contributed by atoms with van der Waals surface area (Å²) in [5, 5.41) is 3.19. The molecule has 1 heterocycles. The van der Waals surface area contributed by atoms with Gasteiger partial charge in [-0.1, -0.05) is 18.2 Å². The highest BCUT2D eigenvalue weighted by molar-refractivity contribution is 6.04. The third-order valence-corrected chi connectivity index (χ3v) is 3.34. The number of anilines is 2. The van der Waals surface area contributed by atoms with Crippen molar-refractivity contribution in [3.63, 3.8) is 0 Å². The molecule has 1 amide bonds. The number of benzene rings is 1. The van der Waals surface area contributed by atoms with Gasteiger partial charge in [-0.15, -0.1) is 0 Å². The maximum atomic E-state index is 12.6. The quantitative estimate of drug-likeness (QED) is 0.795. The van der Waals surface area contributed by atoms with Crippen molar-refractivity contribution >= 4 is 17.4 Å². The number of hydrogen-bond acceptors (Lipinski definition) is 5. The monoisotopic (exact) mass is 314 g/mol. The van der Waals surface area contributed by atoms with Crippen LogP contribution in [0.3, 0.4) is 0 Å². The number of rotatable bonds is 7. The fourth-order valence-electron chi connectivity index (χ4n) is 2.14. The van der Waals surface area contributed by atoms with Gasteiger partial charge in [-0.05, 0) is 25.5 Å². The predicted molar refractivity (Wildman–Crippen MR) is 90.9 cm³/mol. The summed E-state index contributed by atoms with van der Waals surface area (Å²) in [6.45, 7) is 3.19. The zero-order valence-corrected chi connectivity index (χ0v) is 13.7. The lowest BCUT2D eigenvalue weighted by Crippen LogP contribution is -2.27. The van der Waals surface area contributed by atoms with E-state index in [2.05, 4.69) is 15.3 Å². The van der Waals surface area contributed by atoms with Gasteiger partial charge in [0.2, 0.25) is 0 Å². The third-order valence-electron chi connectivity index (χ3n) is 3.34. The molecule has 1 aromatic heterocycles. The van der Waals surface area contributed by atoms with Gasteiger partial charge in [0.25, 0.3) is 5.91 Å². The largest absolute Gasteiger partial charge is 0.385 e. The summed E-state index contributed by atoms with van der Waals surface area (Å²) >= 11 is 0. The van der Waals surface area contributed by atoms with Crippen LogP contribution in [0.25, 0.3) is 0 Å². The first-order valence-corrected chi connectivity index (χ1v) is 7.53. The molecule has 1 aromatic carbocycles. The number of nitrogens with zero attached hydrogens (tertiary/aromatic N) is 3. The summed E-state index contributed by atoms with van der Waals surface area (Å²) in [5.41, 5.74) is 1.20. The van der Waals surface area contributed by atoms with Crippen LogP contribution in [0.5, 0.6) is 0 Å². The van der Waals surface area contributed by atoms with Gasteiger partial charge >= 0.3 is 0 Å². The number of carbonyl (C=O) groups excluding carboxylic acids is 1. The lowest BCUT2D eigenvalue weighted by molar-refractivity contribution is 0.0988. The molecule has 0 spiro atoms. The van der Waals surface area contributed by atoms with Crippen LogP contribution in [0.2, 0.25) is 0 Å². The Morgan fingerprint density at radius 2 is 2.00 bits per heavy atom. The highest BCUT2D eigenvalue weighted by atomic mass is 16.5. The van der Waals surface area contributed by atoms with Crippen molar-refractivity contribution in [3.8, 4) is 0 Å². The molecule has 0 fully saturated rings. The van der Waals surface area contributed by atoms with Crippen LogP contribution in [0, 0.1) is 6.92 Å². The van der Waals surface area contributed by atoms with Gasteiger partial charge < -0.3 is 15.0 Å². The maximum Gasteiger partial charge on any atom is 0.276 e. The van der Waals surface area contributed by atoms with E-state index < -0.39 is 0 Å². The van der Waals surface area contributed by atoms with E-state index in [1.807, 2.05) is 30.3 Å². The number of aromatic nitrogens is 2. The number of para-hydroxylation sites is 1. The highest BCUT2D eigenvalue weighted by Crippen LogP contribution is 2.15. The average Bonchev–Trinajstić information content (AvgIpc) is 2.58. The van der Waals surface area contributed by atoms with Crippen LogP contribution >= 0.6 is 0 Å². The molecule has 0 bridgehead atoms. The first-order chi connectivity index (χ1) is 11.1. The number of amides is 1. The number of carbonyl (C=O) groups is 1. The van der Waals surface area contributed by atoms with E-state index in [-0.39, 0.29) is 5.91 Å². The first kappa shape index (κ1) is 16.9. The van der Waals surface area contributed by atoms with Crippen LogP contribution in [-0.4, -0.2) is 43.2 Å². The normalized spacial score (nSPS) is 10.4. The van der Waals surface area contributed by atoms with Crippen LogP contribution < -0.4 is 10.2 Å². The van der Waals surface area contributed by atoms with E-state index in [1.165, 1.54) is 0 Å². The van der Waals surface area contributed by atoms with Gasteiger partial charge in [-0.25, -0.2) is 9.97 Å². The van der Waals surface area contributed by atoms with Crippen molar-refractivity contribution in [2.24, 2.45) is 0 Å². The van der Waals surface area contributed by atoms with Crippen molar-refractivity contribution in [1.82, 2.24) is 9.97 Å². The van der Waals surface area contributed by atoms with E-state index in [9.17, 15) is 4.79 Å². The smallest absolute Gasteiger partial charge is 0.276 e. The molecule has 0 saturated carbocycles. The lowest BCUT2D eigenvalue weighted by Gasteiger charge is -2.17. The SMILES string of the molecule is COCCCNc1cc(C(=O)N(C)c2ccccc2)nc(C)n1. The molecule has 0 atom stereocenters. The molecule has 6 heteroatoms. The van der Waals surface area contributed by atoms with E-state index in [1.54, 1.807) is 32.0 Å². The van der Waals surface area contributed by atoms with E-state index in [4.69, 9.17) is 4.74 Å². The molecule has 122 valence electrons. The maximum absolute atomic E-state index is 12.6. The van der Waals surface area contributed by atoms with E-state index in [0.717, 1.165) is 18.7 Å². The predicted octanol–water partition coefficient (Wildman–Crippen LogP) is 2.51. The minimum atomic E-state index is -0.165. The Hall–Kier alpha value is -2.47. The molecule has 0 aliphatic rings. The standard InChI is InChI=1S/C17H22N4O2/c1-13-19-15(12-16(20-13)18-10-7-11-23-3)17(22)21(2)14-8-5-4-6-9-14/h4-6,8-9,12H,7,10-11H2,1-3H3,(H,18,19,20). The number of methoxy groups -OCH3 is 1. The summed E-state index contributed by atoms with van der Waals surface area (Å²) in [7, 11) is 3.41. The average molecular weight is 314 g/mol. The Bertz CT molecular complexity index is 646. The van der Waals surface area contributed by atoms with Crippen molar-refractivity contribution < 1.29 is 9.53 Å². The van der Waals surface area contributed by atoms with Crippen LogP contribution in [-0.2, 0) is 4.74 Å². The second-order valence-electron chi connectivity index (χ2n) is 5.16. The Balaban J connectivity index is 2.12. The van der Waals surface area contributed by atoms with E-state index in [0.29, 0.717) is 23.9 Å². The lowest BCUT2D eigenvalue weighted by atomic mass is 10.2. The minimum absolute atomic E-state index is 0.165. The third kappa shape index (κ3) is 4.75. The van der Waals surface area contributed by atoms with E-state index >= 15 is 0 Å². The van der Waals surface area contributed by atoms with Crippen molar-refractivity contribution in [3.05, 3.63) is 47.9 Å². The van der Waals surface area contributed by atoms with Gasteiger partial charge in [0.05, 0.1) is 0 Å². The fourth-order valence-corrected chi connectivity index (χ4v) is 2.14. The fraction of sp³-hybridized carbons (Fsp3) is 0.353. The Morgan fingerprint density at radius 3 is 2.70 bits per heavy atom. The molecule has 0 aliphatic carbocycles. The van der Waals surface area contributed by atoms with Gasteiger partial charge in [0.15, 0.2) is 0 Å². The first-order valence-electron chi connectivity index (χ1n) is 7.53. The summed E-state index contributed by atoms with van der Waals surface area (Å²) in [5.74, 6) is 1.05.